The molecule has 0 saturated carbocycles. The fourth-order valence-electron chi connectivity index (χ4n) is 2.39. The molecular formula is C16H22N2O2S. The van der Waals surface area contributed by atoms with Crippen LogP contribution in [0.4, 0.5) is 0 Å². The summed E-state index contributed by atoms with van der Waals surface area (Å²) >= 11 is 1.55. The predicted octanol–water partition coefficient (Wildman–Crippen LogP) is 2.63. The number of hydrogen-bond acceptors (Lipinski definition) is 3. The van der Waals surface area contributed by atoms with Gasteiger partial charge in [-0.2, -0.15) is 11.8 Å². The highest BCUT2D eigenvalue weighted by atomic mass is 32.2. The maximum atomic E-state index is 12.3. The zero-order valence-corrected chi connectivity index (χ0v) is 13.7. The Morgan fingerprint density at radius 3 is 2.76 bits per heavy atom. The number of benzene rings is 1. The van der Waals surface area contributed by atoms with Crippen LogP contribution in [-0.4, -0.2) is 40.2 Å². The van der Waals surface area contributed by atoms with E-state index >= 15 is 0 Å². The molecule has 4 nitrogen and oxygen atoms in total. The molecule has 0 radical (unpaired) electrons. The van der Waals surface area contributed by atoms with E-state index < -0.39 is 0 Å². The Hall–Kier alpha value is -1.46. The van der Waals surface area contributed by atoms with E-state index in [9.17, 15) is 9.90 Å². The summed E-state index contributed by atoms with van der Waals surface area (Å²) in [7, 11) is 0. The van der Waals surface area contributed by atoms with Gasteiger partial charge in [0.05, 0.1) is 6.61 Å². The third kappa shape index (κ3) is 3.24. The fraction of sp³-hybridized carbons (Fsp3) is 0.438. The van der Waals surface area contributed by atoms with E-state index in [-0.39, 0.29) is 23.8 Å². The molecule has 2 aromatic rings. The molecule has 0 aliphatic rings. The van der Waals surface area contributed by atoms with Crippen molar-refractivity contribution in [3.8, 4) is 0 Å². The van der Waals surface area contributed by atoms with Gasteiger partial charge in [-0.25, -0.2) is 0 Å². The molecule has 1 aromatic carbocycles. The highest BCUT2D eigenvalue weighted by Crippen LogP contribution is 2.22. The first kappa shape index (κ1) is 15.9. The molecule has 0 bridgehead atoms. The summed E-state index contributed by atoms with van der Waals surface area (Å²) in [6, 6.07) is 5.85. The molecule has 0 aliphatic heterocycles. The van der Waals surface area contributed by atoms with Crippen LogP contribution >= 0.6 is 11.8 Å². The number of carbonyl (C=O) groups excluding carboxylic acids is 1. The maximum absolute atomic E-state index is 12.3. The number of aliphatic hydroxyl groups excluding tert-OH is 1. The van der Waals surface area contributed by atoms with Crippen molar-refractivity contribution in [1.29, 1.82) is 0 Å². The van der Waals surface area contributed by atoms with E-state index in [4.69, 9.17) is 0 Å². The van der Waals surface area contributed by atoms with Crippen molar-refractivity contribution in [2.45, 2.75) is 32.1 Å². The Bertz CT molecular complexity index is 647. The molecule has 0 spiro atoms. The van der Waals surface area contributed by atoms with Gasteiger partial charge in [0, 0.05) is 22.2 Å². The van der Waals surface area contributed by atoms with Gasteiger partial charge in [-0.3, -0.25) is 4.79 Å². The number of rotatable bonds is 5. The molecule has 1 aromatic heterocycles. The van der Waals surface area contributed by atoms with E-state index in [2.05, 4.69) is 24.1 Å². The van der Waals surface area contributed by atoms with Crippen LogP contribution in [0.15, 0.2) is 18.2 Å². The zero-order valence-electron chi connectivity index (χ0n) is 12.9. The van der Waals surface area contributed by atoms with Crippen LogP contribution in [0.2, 0.25) is 0 Å². The molecule has 0 saturated heterocycles. The first-order valence-corrected chi connectivity index (χ1v) is 8.30. The van der Waals surface area contributed by atoms with Crippen molar-refractivity contribution in [1.82, 2.24) is 10.3 Å². The number of amides is 1. The van der Waals surface area contributed by atoms with Crippen molar-refractivity contribution in [2.75, 3.05) is 12.9 Å². The van der Waals surface area contributed by atoms with Crippen LogP contribution < -0.4 is 5.32 Å². The third-order valence-electron chi connectivity index (χ3n) is 3.99. The molecule has 1 amide bonds. The lowest BCUT2D eigenvalue weighted by Crippen LogP contribution is -2.41. The normalized spacial score (nSPS) is 14.1. The van der Waals surface area contributed by atoms with Gasteiger partial charge < -0.3 is 15.4 Å². The van der Waals surface area contributed by atoms with Gasteiger partial charge in [0.15, 0.2) is 0 Å². The molecular weight excluding hydrogens is 284 g/mol. The number of aromatic amines is 1. The number of aryl methyl sites for hydroxylation is 2. The van der Waals surface area contributed by atoms with Gasteiger partial charge >= 0.3 is 0 Å². The van der Waals surface area contributed by atoms with Crippen molar-refractivity contribution in [3.05, 3.63) is 35.0 Å². The summed E-state index contributed by atoms with van der Waals surface area (Å²) in [6.45, 7) is 6.08. The molecule has 3 N–H and O–H groups in total. The van der Waals surface area contributed by atoms with Gasteiger partial charge in [-0.05, 0) is 50.3 Å². The second-order valence-corrected chi connectivity index (χ2v) is 6.45. The lowest BCUT2D eigenvalue weighted by Gasteiger charge is -2.20. The molecule has 0 aliphatic carbocycles. The van der Waals surface area contributed by atoms with Crippen LogP contribution in [0.5, 0.6) is 0 Å². The Labute approximate surface area is 129 Å². The number of aliphatic hydroxyl groups is 1. The number of aromatic nitrogens is 1. The van der Waals surface area contributed by atoms with E-state index in [0.717, 1.165) is 10.9 Å². The molecule has 2 unspecified atom stereocenters. The number of nitrogens with one attached hydrogen (secondary N) is 2. The van der Waals surface area contributed by atoms with Crippen molar-refractivity contribution in [3.63, 3.8) is 0 Å². The Kier molecular flexibility index (Phi) is 4.96. The first-order chi connectivity index (χ1) is 9.97. The summed E-state index contributed by atoms with van der Waals surface area (Å²) in [5.74, 6) is -0.136. The number of H-pyrrole nitrogens is 1. The third-order valence-corrected chi connectivity index (χ3v) is 5.15. The molecule has 1 heterocycles. The lowest BCUT2D eigenvalue weighted by atomic mass is 10.1. The zero-order chi connectivity index (χ0) is 15.6. The predicted molar refractivity (Wildman–Crippen MR) is 89.1 cm³/mol. The Balaban J connectivity index is 2.22. The monoisotopic (exact) mass is 306 g/mol. The number of thioether (sulfide) groups is 1. The number of hydrogen-bond donors (Lipinski definition) is 3. The summed E-state index contributed by atoms with van der Waals surface area (Å²) in [4.78, 5) is 15.5. The first-order valence-electron chi connectivity index (χ1n) is 7.01. The van der Waals surface area contributed by atoms with Crippen LogP contribution in [0, 0.1) is 13.8 Å². The lowest BCUT2D eigenvalue weighted by molar-refractivity contribution is 0.0931. The standard InChI is InChI=1S/C16H22N2O2S/c1-9-5-6-13-12(10(9)2)7-14(18-13)16(20)17-11(3)15(8-19)21-4/h5-7,11,15,18-19H,8H2,1-4H3,(H,17,20). The van der Waals surface area contributed by atoms with E-state index in [1.807, 2.05) is 31.4 Å². The highest BCUT2D eigenvalue weighted by Gasteiger charge is 2.19. The van der Waals surface area contributed by atoms with Gasteiger partial charge in [-0.15, -0.1) is 0 Å². The summed E-state index contributed by atoms with van der Waals surface area (Å²) in [5.41, 5.74) is 3.93. The SMILES string of the molecule is CSC(CO)C(C)NC(=O)c1cc2c(C)c(C)ccc2[nH]1. The maximum Gasteiger partial charge on any atom is 0.267 e. The molecule has 2 rings (SSSR count). The summed E-state index contributed by atoms with van der Waals surface area (Å²) in [6.07, 6.45) is 1.93. The topological polar surface area (TPSA) is 65.1 Å². The van der Waals surface area contributed by atoms with Crippen molar-refractivity contribution >= 4 is 28.6 Å². The molecule has 114 valence electrons. The number of fused-ring (bicyclic) bond motifs is 1. The van der Waals surface area contributed by atoms with Crippen molar-refractivity contribution < 1.29 is 9.90 Å². The summed E-state index contributed by atoms with van der Waals surface area (Å²) in [5, 5.41) is 13.3. The smallest absolute Gasteiger partial charge is 0.267 e. The second-order valence-electron chi connectivity index (χ2n) is 5.37. The van der Waals surface area contributed by atoms with Gasteiger partial charge in [0.2, 0.25) is 0 Å². The number of carbonyl (C=O) groups is 1. The molecule has 5 heteroatoms. The highest BCUT2D eigenvalue weighted by molar-refractivity contribution is 7.99. The Morgan fingerprint density at radius 2 is 2.14 bits per heavy atom. The average Bonchev–Trinajstić information content (AvgIpc) is 2.89. The second kappa shape index (κ2) is 6.54. The van der Waals surface area contributed by atoms with Gasteiger partial charge in [0.25, 0.3) is 5.91 Å². The fourth-order valence-corrected chi connectivity index (χ4v) is 3.02. The molecule has 21 heavy (non-hydrogen) atoms. The van der Waals surface area contributed by atoms with E-state index in [0.29, 0.717) is 5.69 Å². The van der Waals surface area contributed by atoms with E-state index in [1.165, 1.54) is 11.1 Å². The Morgan fingerprint density at radius 1 is 1.43 bits per heavy atom. The van der Waals surface area contributed by atoms with Crippen molar-refractivity contribution in [2.24, 2.45) is 0 Å². The minimum absolute atomic E-state index is 0.00214. The van der Waals surface area contributed by atoms with Gasteiger partial charge in [-0.1, -0.05) is 6.07 Å². The summed E-state index contributed by atoms with van der Waals surface area (Å²) < 4.78 is 0. The van der Waals surface area contributed by atoms with Crippen LogP contribution in [-0.2, 0) is 0 Å². The van der Waals surface area contributed by atoms with Crippen LogP contribution in [0.3, 0.4) is 0 Å². The minimum atomic E-state index is -0.136. The van der Waals surface area contributed by atoms with Gasteiger partial charge in [0.1, 0.15) is 5.69 Å². The largest absolute Gasteiger partial charge is 0.395 e. The minimum Gasteiger partial charge on any atom is -0.395 e. The molecule has 2 atom stereocenters. The van der Waals surface area contributed by atoms with Crippen LogP contribution in [0.25, 0.3) is 10.9 Å². The molecule has 0 fully saturated rings. The average molecular weight is 306 g/mol. The van der Waals surface area contributed by atoms with E-state index in [1.54, 1.807) is 11.8 Å². The quantitative estimate of drug-likeness (QED) is 0.795. The van der Waals surface area contributed by atoms with Crippen LogP contribution in [0.1, 0.15) is 28.5 Å².